The molecule has 0 radical (unpaired) electrons. The molecule has 0 spiro atoms. The van der Waals surface area contributed by atoms with Gasteiger partial charge in [-0.1, -0.05) is 0 Å². The fraction of sp³-hybridized carbons (Fsp3) is 0.385. The third-order valence-electron chi connectivity index (χ3n) is 3.19. The lowest BCUT2D eigenvalue weighted by Crippen LogP contribution is -2.30. The second kappa shape index (κ2) is 5.27. The van der Waals surface area contributed by atoms with E-state index in [2.05, 4.69) is 15.3 Å². The normalized spacial score (nSPS) is 14.3. The van der Waals surface area contributed by atoms with Crippen LogP contribution in [0.3, 0.4) is 0 Å². The van der Waals surface area contributed by atoms with Gasteiger partial charge in [-0.2, -0.15) is 0 Å². The Morgan fingerprint density at radius 3 is 2.37 bits per heavy atom. The van der Waals surface area contributed by atoms with Crippen molar-refractivity contribution in [3.8, 4) is 0 Å². The molecule has 1 heterocycles. The van der Waals surface area contributed by atoms with Gasteiger partial charge in [0.1, 0.15) is 0 Å². The van der Waals surface area contributed by atoms with Gasteiger partial charge in [0.15, 0.2) is 0 Å². The predicted octanol–water partition coefficient (Wildman–Crippen LogP) is 1.05. The zero-order valence-corrected chi connectivity index (χ0v) is 11.1. The zero-order valence-electron chi connectivity index (χ0n) is 11.1. The van der Waals surface area contributed by atoms with Gasteiger partial charge in [-0.3, -0.25) is 9.59 Å². The summed E-state index contributed by atoms with van der Waals surface area (Å²) in [6.07, 6.45) is 0.0605. The number of H-pyrrole nitrogens is 2. The lowest BCUT2D eigenvalue weighted by molar-refractivity contribution is 0.106. The summed E-state index contributed by atoms with van der Waals surface area (Å²) in [4.78, 5) is 27.5. The van der Waals surface area contributed by atoms with Crippen LogP contribution in [0, 0.1) is 0 Å². The number of aromatic amines is 2. The molecule has 2 rings (SSSR count). The summed E-state index contributed by atoms with van der Waals surface area (Å²) in [5.41, 5.74) is 0.749. The largest absolute Gasteiger partial charge is 0.380 e. The van der Waals surface area contributed by atoms with Crippen molar-refractivity contribution >= 4 is 16.7 Å². The SMILES string of the molecule is COC(C)C(C)Nc1ccc2[nH]c(=O)c(=O)[nH]c2c1. The third-order valence-corrected chi connectivity index (χ3v) is 3.19. The smallest absolute Gasteiger partial charge is 0.314 e. The summed E-state index contributed by atoms with van der Waals surface area (Å²) >= 11 is 0. The second-order valence-corrected chi connectivity index (χ2v) is 4.54. The van der Waals surface area contributed by atoms with Crippen molar-refractivity contribution in [2.45, 2.75) is 26.0 Å². The average Bonchev–Trinajstić information content (AvgIpc) is 2.39. The molecule has 2 atom stereocenters. The van der Waals surface area contributed by atoms with Crippen LogP contribution in [-0.4, -0.2) is 29.2 Å². The van der Waals surface area contributed by atoms with Crippen LogP contribution in [0.25, 0.3) is 11.0 Å². The highest BCUT2D eigenvalue weighted by Gasteiger charge is 2.11. The number of nitrogens with one attached hydrogen (secondary N) is 3. The van der Waals surface area contributed by atoms with Crippen LogP contribution in [-0.2, 0) is 4.74 Å². The van der Waals surface area contributed by atoms with Crippen molar-refractivity contribution in [1.29, 1.82) is 0 Å². The topological polar surface area (TPSA) is 87.0 Å². The summed E-state index contributed by atoms with van der Waals surface area (Å²) in [5, 5.41) is 3.28. The molecule has 0 aliphatic heterocycles. The maximum atomic E-state index is 11.3. The fourth-order valence-electron chi connectivity index (χ4n) is 1.79. The number of ether oxygens (including phenoxy) is 1. The van der Waals surface area contributed by atoms with Crippen molar-refractivity contribution in [3.05, 3.63) is 38.9 Å². The van der Waals surface area contributed by atoms with E-state index < -0.39 is 11.1 Å². The molecule has 0 saturated carbocycles. The Hall–Kier alpha value is -2.08. The van der Waals surface area contributed by atoms with Crippen molar-refractivity contribution < 1.29 is 4.74 Å². The van der Waals surface area contributed by atoms with Gasteiger partial charge in [0.05, 0.1) is 17.1 Å². The zero-order chi connectivity index (χ0) is 14.0. The van der Waals surface area contributed by atoms with Gasteiger partial charge in [-0.05, 0) is 32.0 Å². The van der Waals surface area contributed by atoms with E-state index in [0.29, 0.717) is 11.0 Å². The Balaban J connectivity index is 2.34. The van der Waals surface area contributed by atoms with Crippen molar-refractivity contribution in [1.82, 2.24) is 9.97 Å². The molecule has 0 amide bonds. The number of anilines is 1. The minimum absolute atomic E-state index is 0.0605. The number of aromatic nitrogens is 2. The lowest BCUT2D eigenvalue weighted by atomic mass is 10.2. The van der Waals surface area contributed by atoms with Gasteiger partial charge >= 0.3 is 11.1 Å². The van der Waals surface area contributed by atoms with Crippen LogP contribution in [0.5, 0.6) is 0 Å². The highest BCUT2D eigenvalue weighted by atomic mass is 16.5. The molecule has 0 saturated heterocycles. The van der Waals surface area contributed by atoms with Crippen LogP contribution < -0.4 is 16.4 Å². The molecular formula is C13H17N3O3. The molecule has 0 bridgehead atoms. The van der Waals surface area contributed by atoms with Gasteiger partial charge in [0.2, 0.25) is 0 Å². The quantitative estimate of drug-likeness (QED) is 0.720. The lowest BCUT2D eigenvalue weighted by Gasteiger charge is -2.21. The summed E-state index contributed by atoms with van der Waals surface area (Å²) in [6, 6.07) is 5.50. The molecular weight excluding hydrogens is 246 g/mol. The van der Waals surface area contributed by atoms with E-state index in [0.717, 1.165) is 5.69 Å². The van der Waals surface area contributed by atoms with E-state index in [4.69, 9.17) is 4.74 Å². The van der Waals surface area contributed by atoms with Gasteiger partial charge < -0.3 is 20.0 Å². The molecule has 6 heteroatoms. The molecule has 1 aromatic heterocycles. The van der Waals surface area contributed by atoms with Crippen LogP contribution in [0.4, 0.5) is 5.69 Å². The molecule has 2 aromatic rings. The maximum absolute atomic E-state index is 11.3. The van der Waals surface area contributed by atoms with Crippen LogP contribution in [0.1, 0.15) is 13.8 Å². The number of methoxy groups -OCH3 is 1. The van der Waals surface area contributed by atoms with Crippen molar-refractivity contribution in [2.75, 3.05) is 12.4 Å². The maximum Gasteiger partial charge on any atom is 0.314 e. The Morgan fingerprint density at radius 2 is 1.74 bits per heavy atom. The van der Waals surface area contributed by atoms with E-state index >= 15 is 0 Å². The highest BCUT2D eigenvalue weighted by molar-refractivity contribution is 5.78. The van der Waals surface area contributed by atoms with Gasteiger partial charge in [-0.25, -0.2) is 0 Å². The molecule has 2 unspecified atom stereocenters. The molecule has 6 nitrogen and oxygen atoms in total. The second-order valence-electron chi connectivity index (χ2n) is 4.54. The van der Waals surface area contributed by atoms with Crippen molar-refractivity contribution in [3.63, 3.8) is 0 Å². The van der Waals surface area contributed by atoms with E-state index in [1.54, 1.807) is 19.2 Å². The first-order valence-electron chi connectivity index (χ1n) is 6.07. The molecule has 1 aromatic carbocycles. The van der Waals surface area contributed by atoms with Crippen molar-refractivity contribution in [2.24, 2.45) is 0 Å². The molecule has 19 heavy (non-hydrogen) atoms. The van der Waals surface area contributed by atoms with Crippen LogP contribution in [0.15, 0.2) is 27.8 Å². The average molecular weight is 263 g/mol. The summed E-state index contributed by atoms with van der Waals surface area (Å²) in [5.74, 6) is 0. The number of rotatable bonds is 4. The Morgan fingerprint density at radius 1 is 1.11 bits per heavy atom. The molecule has 3 N–H and O–H groups in total. The Kier molecular flexibility index (Phi) is 3.71. The third kappa shape index (κ3) is 2.85. The molecule has 0 fully saturated rings. The monoisotopic (exact) mass is 263 g/mol. The summed E-state index contributed by atoms with van der Waals surface area (Å²) in [6.45, 7) is 3.98. The van der Waals surface area contributed by atoms with Crippen LogP contribution >= 0.6 is 0 Å². The Labute approximate surface area is 109 Å². The van der Waals surface area contributed by atoms with Gasteiger partial charge in [-0.15, -0.1) is 0 Å². The van der Waals surface area contributed by atoms with Gasteiger partial charge in [0, 0.05) is 18.8 Å². The fourth-order valence-corrected chi connectivity index (χ4v) is 1.79. The minimum Gasteiger partial charge on any atom is -0.380 e. The summed E-state index contributed by atoms with van der Waals surface area (Å²) < 4.78 is 5.24. The molecule has 0 aliphatic carbocycles. The van der Waals surface area contributed by atoms with Gasteiger partial charge in [0.25, 0.3) is 0 Å². The van der Waals surface area contributed by atoms with E-state index in [1.165, 1.54) is 0 Å². The predicted molar refractivity (Wildman–Crippen MR) is 74.7 cm³/mol. The highest BCUT2D eigenvalue weighted by Crippen LogP contribution is 2.15. The first kappa shape index (κ1) is 13.4. The first-order chi connectivity index (χ1) is 9.01. The number of fused-ring (bicyclic) bond motifs is 1. The first-order valence-corrected chi connectivity index (χ1v) is 6.07. The number of benzene rings is 1. The molecule has 0 aliphatic rings. The van der Waals surface area contributed by atoms with E-state index in [1.807, 2.05) is 19.9 Å². The number of hydrogen-bond donors (Lipinski definition) is 3. The summed E-state index contributed by atoms with van der Waals surface area (Å²) in [7, 11) is 1.66. The Bertz CT molecular complexity index is 689. The van der Waals surface area contributed by atoms with E-state index in [9.17, 15) is 9.59 Å². The minimum atomic E-state index is -0.650. The van der Waals surface area contributed by atoms with Crippen LogP contribution in [0.2, 0.25) is 0 Å². The molecule has 102 valence electrons. The van der Waals surface area contributed by atoms with E-state index in [-0.39, 0.29) is 12.1 Å². The standard InChI is InChI=1S/C13H17N3O3/c1-7(8(2)19-3)14-9-4-5-10-11(6-9)16-13(18)12(17)15-10/h4-8,14H,1-3H3,(H,15,17)(H,16,18). The number of hydrogen-bond acceptors (Lipinski definition) is 4.